The van der Waals surface area contributed by atoms with Crippen molar-refractivity contribution in [3.63, 3.8) is 0 Å². The Balaban J connectivity index is 0.000000399. The standard InChI is InChI=1S/C10H12OS.F6P/c1-7-4-3-5-9(8(7)2)10(11)6-12;1-7(2,3,4,5)6/h3-5,12H,6H2,1-2H3;/q;-1/p+1. The molecular weight excluding hydrogens is 313 g/mol. The SMILES string of the molecule is Cc1cccc(C(=O)C[SH2+])c1C.F[P-](F)(F)(F)(F)F. The van der Waals surface area contributed by atoms with Gasteiger partial charge in [0.05, 0.1) is 0 Å². The Morgan fingerprint density at radius 2 is 1.53 bits per heavy atom. The van der Waals surface area contributed by atoms with E-state index in [1.807, 2.05) is 32.0 Å². The number of carbonyl (C=O) groups is 1. The average Bonchev–Trinajstić information content (AvgIpc) is 2.16. The van der Waals surface area contributed by atoms with Crippen molar-refractivity contribution in [1.82, 2.24) is 0 Å². The summed E-state index contributed by atoms with van der Waals surface area (Å²) in [7, 11) is -10.7. The molecule has 0 atom stereocenters. The van der Waals surface area contributed by atoms with Crippen LogP contribution in [0.2, 0.25) is 0 Å². The fraction of sp³-hybridized carbons (Fsp3) is 0.300. The van der Waals surface area contributed by atoms with Crippen molar-refractivity contribution in [1.29, 1.82) is 0 Å². The van der Waals surface area contributed by atoms with Gasteiger partial charge in [-0.2, -0.15) is 0 Å². The van der Waals surface area contributed by atoms with E-state index in [1.54, 1.807) is 0 Å². The van der Waals surface area contributed by atoms with Crippen molar-refractivity contribution >= 4 is 26.2 Å². The molecule has 1 aromatic rings. The van der Waals surface area contributed by atoms with E-state index in [-0.39, 0.29) is 5.78 Å². The van der Waals surface area contributed by atoms with Crippen LogP contribution < -0.4 is 0 Å². The molecule has 0 spiro atoms. The van der Waals surface area contributed by atoms with Gasteiger partial charge >= 0.3 is 33.0 Å². The second-order valence-corrected chi connectivity index (χ2v) is 6.08. The fourth-order valence-corrected chi connectivity index (χ4v) is 1.34. The number of aryl methyl sites for hydroxylation is 1. The summed E-state index contributed by atoms with van der Waals surface area (Å²) in [5.41, 5.74) is 3.08. The van der Waals surface area contributed by atoms with E-state index in [1.165, 1.54) is 5.56 Å². The third-order valence-electron chi connectivity index (χ3n) is 2.07. The third kappa shape index (κ3) is 10.8. The topological polar surface area (TPSA) is 17.1 Å². The molecule has 0 saturated heterocycles. The molecule has 1 aromatic carbocycles. The van der Waals surface area contributed by atoms with Crippen molar-refractivity contribution < 1.29 is 30.0 Å². The Kier molecular flexibility index (Phi) is 4.78. The number of carbonyl (C=O) groups excluding carboxylic acids is 1. The summed E-state index contributed by atoms with van der Waals surface area (Å²) < 4.78 is 59.2. The van der Waals surface area contributed by atoms with Crippen LogP contribution in [0.5, 0.6) is 0 Å². The van der Waals surface area contributed by atoms with Gasteiger partial charge in [-0.25, -0.2) is 0 Å². The summed E-state index contributed by atoms with van der Waals surface area (Å²) in [5, 5.41) is 0. The van der Waals surface area contributed by atoms with Crippen molar-refractivity contribution in [3.8, 4) is 0 Å². The summed E-state index contributed by atoms with van der Waals surface area (Å²) in [6.45, 7) is 3.99. The molecule has 0 N–H and O–H groups in total. The maximum absolute atomic E-state index is 11.3. The molecule has 0 heterocycles. The molecular formula is C10H13F6OPS. The molecule has 0 fully saturated rings. The molecule has 0 aliphatic heterocycles. The van der Waals surface area contributed by atoms with Crippen LogP contribution in [-0.2, 0) is 12.6 Å². The molecule has 0 aliphatic carbocycles. The predicted octanol–water partition coefficient (Wildman–Crippen LogP) is 4.88. The summed E-state index contributed by atoms with van der Waals surface area (Å²) in [6, 6.07) is 5.79. The molecule has 19 heavy (non-hydrogen) atoms. The normalized spacial score (nSPS) is 14.8. The first-order valence-corrected chi connectivity index (χ1v) is 7.65. The van der Waals surface area contributed by atoms with Crippen LogP contribution in [0.1, 0.15) is 21.5 Å². The first-order valence-electron chi connectivity index (χ1n) is 4.92. The number of hydrogen-bond acceptors (Lipinski definition) is 1. The van der Waals surface area contributed by atoms with Gasteiger partial charge in [-0.15, -0.1) is 0 Å². The molecule has 112 valence electrons. The second kappa shape index (κ2) is 4.98. The summed E-state index contributed by atoms with van der Waals surface area (Å²) in [6.07, 6.45) is 0. The van der Waals surface area contributed by atoms with Crippen molar-refractivity contribution in [3.05, 3.63) is 34.9 Å². The maximum atomic E-state index is 11.3. The van der Waals surface area contributed by atoms with Gasteiger partial charge in [-0.05, 0) is 37.6 Å². The van der Waals surface area contributed by atoms with Gasteiger partial charge < -0.3 is 0 Å². The Morgan fingerprint density at radius 1 is 1.11 bits per heavy atom. The van der Waals surface area contributed by atoms with Crippen molar-refractivity contribution in [2.75, 3.05) is 5.75 Å². The van der Waals surface area contributed by atoms with E-state index in [9.17, 15) is 30.0 Å². The van der Waals surface area contributed by atoms with Crippen LogP contribution in [-0.4, -0.2) is 11.5 Å². The van der Waals surface area contributed by atoms with Gasteiger partial charge in [0.25, 0.3) is 0 Å². The number of ketones is 1. The van der Waals surface area contributed by atoms with Gasteiger partial charge in [0.2, 0.25) is 5.78 Å². The molecule has 0 unspecified atom stereocenters. The van der Waals surface area contributed by atoms with Gasteiger partial charge in [0.15, 0.2) is 5.75 Å². The zero-order chi connectivity index (χ0) is 15.5. The summed E-state index contributed by atoms with van der Waals surface area (Å²) in [5.74, 6) is 0.539. The van der Waals surface area contributed by atoms with Crippen LogP contribution in [0.4, 0.5) is 25.2 Å². The summed E-state index contributed by atoms with van der Waals surface area (Å²) in [4.78, 5) is 11.3. The second-order valence-electron chi connectivity index (χ2n) is 3.81. The first kappa shape index (κ1) is 18.2. The molecule has 0 aliphatic rings. The van der Waals surface area contributed by atoms with Crippen LogP contribution in [0.25, 0.3) is 0 Å². The Labute approximate surface area is 111 Å². The number of Topliss-reactive ketones (excluding diaryl/α,β-unsaturated/α-hetero) is 1. The van der Waals surface area contributed by atoms with E-state index in [0.29, 0.717) is 5.75 Å². The van der Waals surface area contributed by atoms with E-state index in [2.05, 4.69) is 12.6 Å². The minimum absolute atomic E-state index is 0.146. The Bertz CT molecular complexity index is 470. The van der Waals surface area contributed by atoms with E-state index < -0.39 is 7.81 Å². The average molecular weight is 326 g/mol. The van der Waals surface area contributed by atoms with Crippen LogP contribution >= 0.6 is 7.81 Å². The predicted molar refractivity (Wildman–Crippen MR) is 68.8 cm³/mol. The van der Waals surface area contributed by atoms with Gasteiger partial charge in [0, 0.05) is 5.56 Å². The zero-order valence-electron chi connectivity index (χ0n) is 10.1. The number of benzene rings is 1. The van der Waals surface area contributed by atoms with Crippen molar-refractivity contribution in [2.24, 2.45) is 0 Å². The van der Waals surface area contributed by atoms with Crippen LogP contribution in [0.3, 0.4) is 0 Å². The molecule has 1 rings (SSSR count). The molecule has 0 bridgehead atoms. The zero-order valence-corrected chi connectivity index (χ0v) is 12.0. The monoisotopic (exact) mass is 326 g/mol. The van der Waals surface area contributed by atoms with Gasteiger partial charge in [0.1, 0.15) is 0 Å². The molecule has 1 nitrogen and oxygen atoms in total. The molecule has 0 radical (unpaired) electrons. The summed E-state index contributed by atoms with van der Waals surface area (Å²) >= 11 is 3.21. The Morgan fingerprint density at radius 3 is 1.89 bits per heavy atom. The fourth-order valence-electron chi connectivity index (χ4n) is 1.15. The van der Waals surface area contributed by atoms with Gasteiger partial charge in [-0.1, -0.05) is 18.2 Å². The quantitative estimate of drug-likeness (QED) is 0.328. The minimum atomic E-state index is -10.7. The molecule has 0 amide bonds. The van der Waals surface area contributed by atoms with E-state index in [0.717, 1.165) is 11.1 Å². The van der Waals surface area contributed by atoms with Crippen LogP contribution in [0.15, 0.2) is 18.2 Å². The van der Waals surface area contributed by atoms with Crippen LogP contribution in [0, 0.1) is 13.8 Å². The third-order valence-corrected chi connectivity index (χ3v) is 2.39. The molecule has 0 aromatic heterocycles. The number of rotatable bonds is 2. The van der Waals surface area contributed by atoms with Gasteiger partial charge in [-0.3, -0.25) is 4.79 Å². The van der Waals surface area contributed by atoms with Crippen molar-refractivity contribution in [2.45, 2.75) is 13.8 Å². The molecule has 9 heteroatoms. The first-order chi connectivity index (χ1) is 8.11. The molecule has 0 saturated carbocycles. The number of hydrogen-bond donors (Lipinski definition) is 0. The Hall–Kier alpha value is -0.750. The van der Waals surface area contributed by atoms with E-state index in [4.69, 9.17) is 0 Å². The van der Waals surface area contributed by atoms with E-state index >= 15 is 0 Å². The number of halogens is 6.